The molecule has 27 heavy (non-hydrogen) atoms. The first-order valence-corrected chi connectivity index (χ1v) is 11.0. The Bertz CT molecular complexity index is 694. The highest BCUT2D eigenvalue weighted by Gasteiger charge is 2.37. The van der Waals surface area contributed by atoms with Crippen molar-refractivity contribution < 1.29 is 18.3 Å². The summed E-state index contributed by atoms with van der Waals surface area (Å²) in [5.41, 5.74) is 1.95. The van der Waals surface area contributed by atoms with Gasteiger partial charge in [-0.2, -0.15) is 0 Å². The number of rotatable bonds is 12. The molecular formula is C21H30NO4P. The zero-order valence-corrected chi connectivity index (χ0v) is 17.3. The molecule has 0 saturated carbocycles. The van der Waals surface area contributed by atoms with Crippen molar-refractivity contribution in [1.29, 1.82) is 0 Å². The summed E-state index contributed by atoms with van der Waals surface area (Å²) in [7, 11) is -1.77. The van der Waals surface area contributed by atoms with Gasteiger partial charge in [-0.15, -0.1) is 0 Å². The van der Waals surface area contributed by atoms with Crippen molar-refractivity contribution >= 4 is 7.60 Å². The van der Waals surface area contributed by atoms with Gasteiger partial charge in [-0.1, -0.05) is 56.3 Å². The third-order valence-corrected chi connectivity index (χ3v) is 6.24. The Morgan fingerprint density at radius 3 is 2.04 bits per heavy atom. The Morgan fingerprint density at radius 2 is 1.52 bits per heavy atom. The monoisotopic (exact) mass is 391 g/mol. The molecule has 0 aliphatic heterocycles. The topological polar surface area (TPSA) is 56.8 Å². The van der Waals surface area contributed by atoms with Gasteiger partial charge in [0.05, 0.1) is 20.3 Å². The van der Waals surface area contributed by atoms with E-state index in [9.17, 15) is 4.57 Å². The van der Waals surface area contributed by atoms with Crippen LogP contribution in [0.3, 0.4) is 0 Å². The van der Waals surface area contributed by atoms with Gasteiger partial charge in [-0.25, -0.2) is 0 Å². The normalized spacial score (nSPS) is 12.7. The van der Waals surface area contributed by atoms with Crippen LogP contribution in [-0.4, -0.2) is 20.3 Å². The number of methoxy groups -OCH3 is 1. The van der Waals surface area contributed by atoms with Crippen molar-refractivity contribution in [2.24, 2.45) is 0 Å². The van der Waals surface area contributed by atoms with Gasteiger partial charge in [0.2, 0.25) is 0 Å². The van der Waals surface area contributed by atoms with Crippen LogP contribution in [0, 0.1) is 0 Å². The van der Waals surface area contributed by atoms with Crippen LogP contribution in [0.1, 0.15) is 43.6 Å². The first kappa shape index (κ1) is 21.6. The molecule has 0 amide bonds. The average molecular weight is 391 g/mol. The third kappa shape index (κ3) is 6.47. The van der Waals surface area contributed by atoms with E-state index in [1.54, 1.807) is 7.11 Å². The van der Waals surface area contributed by atoms with Crippen LogP contribution in [-0.2, 0) is 20.2 Å². The first-order valence-electron chi connectivity index (χ1n) is 9.43. The summed E-state index contributed by atoms with van der Waals surface area (Å²) in [5, 5.41) is 3.39. The second-order valence-corrected chi connectivity index (χ2v) is 8.36. The van der Waals surface area contributed by atoms with E-state index in [0.717, 1.165) is 29.7 Å². The van der Waals surface area contributed by atoms with Crippen molar-refractivity contribution in [3.63, 3.8) is 0 Å². The van der Waals surface area contributed by atoms with Crippen molar-refractivity contribution in [3.05, 3.63) is 65.7 Å². The van der Waals surface area contributed by atoms with Crippen LogP contribution < -0.4 is 10.1 Å². The van der Waals surface area contributed by atoms with E-state index in [2.05, 4.69) is 5.32 Å². The van der Waals surface area contributed by atoms with E-state index in [1.165, 1.54) is 0 Å². The van der Waals surface area contributed by atoms with Gasteiger partial charge in [0.1, 0.15) is 11.5 Å². The van der Waals surface area contributed by atoms with Crippen LogP contribution >= 0.6 is 7.60 Å². The maximum Gasteiger partial charge on any atom is 0.351 e. The maximum absolute atomic E-state index is 13.7. The predicted molar refractivity (Wildman–Crippen MR) is 109 cm³/mol. The molecule has 0 aliphatic rings. The molecule has 0 aliphatic carbocycles. The highest BCUT2D eigenvalue weighted by Crippen LogP contribution is 2.60. The molecular weight excluding hydrogens is 361 g/mol. The summed E-state index contributed by atoms with van der Waals surface area (Å²) >= 11 is 0. The zero-order valence-electron chi connectivity index (χ0n) is 16.4. The lowest BCUT2D eigenvalue weighted by atomic mass is 10.2. The van der Waals surface area contributed by atoms with Gasteiger partial charge in [0.25, 0.3) is 0 Å². The maximum atomic E-state index is 13.7. The summed E-state index contributed by atoms with van der Waals surface area (Å²) in [6, 6.07) is 17.5. The highest BCUT2D eigenvalue weighted by atomic mass is 31.2. The van der Waals surface area contributed by atoms with Crippen molar-refractivity contribution in [1.82, 2.24) is 5.32 Å². The van der Waals surface area contributed by atoms with E-state index in [-0.39, 0.29) is 0 Å². The van der Waals surface area contributed by atoms with Crippen LogP contribution in [0.15, 0.2) is 54.6 Å². The predicted octanol–water partition coefficient (Wildman–Crippen LogP) is 5.53. The lowest BCUT2D eigenvalue weighted by molar-refractivity contribution is 0.192. The fourth-order valence-corrected chi connectivity index (χ4v) is 4.73. The number of hydrogen-bond donors (Lipinski definition) is 1. The van der Waals surface area contributed by atoms with E-state index in [0.29, 0.717) is 19.8 Å². The van der Waals surface area contributed by atoms with E-state index in [1.807, 2.05) is 68.4 Å². The minimum absolute atomic E-state index is 0.390. The largest absolute Gasteiger partial charge is 0.497 e. The van der Waals surface area contributed by atoms with Crippen molar-refractivity contribution in [2.45, 2.75) is 39.0 Å². The lowest BCUT2D eigenvalue weighted by Crippen LogP contribution is -2.23. The third-order valence-electron chi connectivity index (χ3n) is 4.04. The van der Waals surface area contributed by atoms with Gasteiger partial charge < -0.3 is 13.8 Å². The number of nitrogens with one attached hydrogen (secondary N) is 1. The Labute approximate surface area is 162 Å². The lowest BCUT2D eigenvalue weighted by Gasteiger charge is -2.28. The summed E-state index contributed by atoms with van der Waals surface area (Å²) in [6.07, 6.45) is 1.54. The molecule has 2 aromatic rings. The van der Waals surface area contributed by atoms with Gasteiger partial charge >= 0.3 is 7.60 Å². The zero-order chi connectivity index (χ0) is 19.5. The standard InChI is InChI=1S/C21H30NO4P/c1-4-15-25-27(23,26-16-5-2)21(19-11-13-20(24-3)14-12-19)22-17-18-9-7-6-8-10-18/h6-14,21-22H,4-5,15-17H2,1-3H3. The Kier molecular flexibility index (Phi) is 9.02. The molecule has 0 heterocycles. The van der Waals surface area contributed by atoms with E-state index < -0.39 is 13.4 Å². The minimum atomic E-state index is -3.40. The first-order chi connectivity index (χ1) is 13.1. The highest BCUT2D eigenvalue weighted by molar-refractivity contribution is 7.54. The fourth-order valence-electron chi connectivity index (χ4n) is 2.63. The molecule has 6 heteroatoms. The SMILES string of the molecule is CCCOP(=O)(OCCC)C(NCc1ccccc1)c1ccc(OC)cc1. The molecule has 0 saturated heterocycles. The molecule has 0 radical (unpaired) electrons. The Hall–Kier alpha value is -1.65. The van der Waals surface area contributed by atoms with Crippen LogP contribution in [0.2, 0.25) is 0 Å². The quantitative estimate of drug-likeness (QED) is 0.482. The van der Waals surface area contributed by atoms with Crippen LogP contribution in [0.5, 0.6) is 5.75 Å². The molecule has 0 fully saturated rings. The number of hydrogen-bond acceptors (Lipinski definition) is 5. The minimum Gasteiger partial charge on any atom is -0.497 e. The van der Waals surface area contributed by atoms with Crippen molar-refractivity contribution in [3.8, 4) is 5.75 Å². The second-order valence-electron chi connectivity index (χ2n) is 6.25. The molecule has 0 bridgehead atoms. The van der Waals surface area contributed by atoms with Gasteiger partial charge in [0, 0.05) is 6.54 Å². The van der Waals surface area contributed by atoms with Crippen LogP contribution in [0.25, 0.3) is 0 Å². The van der Waals surface area contributed by atoms with E-state index in [4.69, 9.17) is 13.8 Å². The van der Waals surface area contributed by atoms with Crippen molar-refractivity contribution in [2.75, 3.05) is 20.3 Å². The molecule has 5 nitrogen and oxygen atoms in total. The molecule has 2 rings (SSSR count). The second kappa shape index (κ2) is 11.3. The molecule has 2 aromatic carbocycles. The van der Waals surface area contributed by atoms with E-state index >= 15 is 0 Å². The summed E-state index contributed by atoms with van der Waals surface area (Å²) in [4.78, 5) is 0. The fraction of sp³-hybridized carbons (Fsp3) is 0.429. The van der Waals surface area contributed by atoms with Crippen LogP contribution in [0.4, 0.5) is 0 Å². The molecule has 0 spiro atoms. The average Bonchev–Trinajstić information content (AvgIpc) is 2.72. The Balaban J connectivity index is 2.30. The summed E-state index contributed by atoms with van der Waals surface area (Å²) in [6.45, 7) is 5.32. The molecule has 148 valence electrons. The summed E-state index contributed by atoms with van der Waals surface area (Å²) in [5.74, 6) is 0.195. The van der Waals surface area contributed by atoms with Gasteiger partial charge in [-0.05, 0) is 36.1 Å². The number of ether oxygens (including phenoxy) is 1. The Morgan fingerprint density at radius 1 is 0.926 bits per heavy atom. The molecule has 1 N–H and O–H groups in total. The van der Waals surface area contributed by atoms with Gasteiger partial charge in [-0.3, -0.25) is 9.88 Å². The molecule has 1 unspecified atom stereocenters. The smallest absolute Gasteiger partial charge is 0.351 e. The summed E-state index contributed by atoms with van der Waals surface area (Å²) < 4.78 is 30.5. The molecule has 1 atom stereocenters. The molecule has 0 aromatic heterocycles. The number of benzene rings is 2. The van der Waals surface area contributed by atoms with Gasteiger partial charge in [0.15, 0.2) is 0 Å².